The first-order valence-corrected chi connectivity index (χ1v) is 8.53. The van der Waals surface area contributed by atoms with Crippen LogP contribution in [0.25, 0.3) is 0 Å². The molecule has 0 atom stereocenters. The van der Waals surface area contributed by atoms with Crippen LogP contribution in [0.1, 0.15) is 47.3 Å². The van der Waals surface area contributed by atoms with Crippen LogP contribution in [0, 0.1) is 0 Å². The van der Waals surface area contributed by atoms with Gasteiger partial charge in [-0.15, -0.1) is 11.3 Å². The molecule has 0 spiro atoms. The summed E-state index contributed by atoms with van der Waals surface area (Å²) in [7, 11) is 0. The summed E-state index contributed by atoms with van der Waals surface area (Å²) in [6, 6.07) is 0. The second-order valence-corrected chi connectivity index (χ2v) is 6.57. The van der Waals surface area contributed by atoms with Crippen LogP contribution in [0.3, 0.4) is 0 Å². The molecule has 21 heavy (non-hydrogen) atoms. The average Bonchev–Trinajstić information content (AvgIpc) is 3.14. The topological polar surface area (TPSA) is 57.8 Å². The molecule has 1 aliphatic rings. The highest BCUT2D eigenvalue weighted by atomic mass is 32.1. The Labute approximate surface area is 129 Å². The standard InChI is InChI=1S/C16H21N3OS/c20-16(7-3-4-12-8-18-19-9-12)17-10-13-11-21-15-6-2-1-5-14(13)15/h8-9,11H,1-7,10H2,(H,17,20)(H,18,19). The molecule has 0 aliphatic heterocycles. The molecule has 0 fully saturated rings. The molecule has 0 saturated carbocycles. The van der Waals surface area contributed by atoms with Crippen LogP contribution in [-0.4, -0.2) is 16.1 Å². The molecule has 2 N–H and O–H groups in total. The predicted molar refractivity (Wildman–Crippen MR) is 84.3 cm³/mol. The molecule has 112 valence electrons. The van der Waals surface area contributed by atoms with Gasteiger partial charge in [-0.2, -0.15) is 5.10 Å². The minimum absolute atomic E-state index is 0.147. The van der Waals surface area contributed by atoms with E-state index in [0.29, 0.717) is 13.0 Å². The van der Waals surface area contributed by atoms with Crippen LogP contribution < -0.4 is 5.32 Å². The summed E-state index contributed by atoms with van der Waals surface area (Å²) < 4.78 is 0. The van der Waals surface area contributed by atoms with E-state index in [1.807, 2.05) is 23.7 Å². The van der Waals surface area contributed by atoms with Gasteiger partial charge in [0.25, 0.3) is 0 Å². The summed E-state index contributed by atoms with van der Waals surface area (Å²) >= 11 is 1.86. The highest BCUT2D eigenvalue weighted by Gasteiger charge is 2.15. The van der Waals surface area contributed by atoms with Crippen LogP contribution in [0.5, 0.6) is 0 Å². The van der Waals surface area contributed by atoms with Crippen molar-refractivity contribution < 1.29 is 4.79 Å². The second kappa shape index (κ2) is 6.89. The number of hydrogen-bond donors (Lipinski definition) is 2. The Morgan fingerprint density at radius 2 is 2.29 bits per heavy atom. The van der Waals surface area contributed by atoms with E-state index in [1.54, 1.807) is 0 Å². The Morgan fingerprint density at radius 1 is 1.38 bits per heavy atom. The van der Waals surface area contributed by atoms with Crippen LogP contribution in [-0.2, 0) is 30.6 Å². The minimum atomic E-state index is 0.147. The SMILES string of the molecule is O=C(CCCc1cn[nH]c1)NCc1csc2c1CCCC2. The Hall–Kier alpha value is -1.62. The number of nitrogens with one attached hydrogen (secondary N) is 2. The van der Waals surface area contributed by atoms with E-state index in [4.69, 9.17) is 0 Å². The molecule has 0 aromatic carbocycles. The lowest BCUT2D eigenvalue weighted by Gasteiger charge is -2.13. The molecule has 0 saturated heterocycles. The molecule has 1 amide bonds. The van der Waals surface area contributed by atoms with Gasteiger partial charge in [0.05, 0.1) is 6.20 Å². The summed E-state index contributed by atoms with van der Waals surface area (Å²) in [4.78, 5) is 13.4. The smallest absolute Gasteiger partial charge is 0.220 e. The Kier molecular flexibility index (Phi) is 4.70. The Bertz CT molecular complexity index is 589. The fourth-order valence-corrected chi connectivity index (χ4v) is 4.01. The molecule has 3 rings (SSSR count). The summed E-state index contributed by atoms with van der Waals surface area (Å²) in [6.45, 7) is 0.691. The van der Waals surface area contributed by atoms with Gasteiger partial charge in [-0.1, -0.05) is 0 Å². The zero-order valence-electron chi connectivity index (χ0n) is 12.2. The molecular weight excluding hydrogens is 282 g/mol. The molecule has 0 radical (unpaired) electrons. The minimum Gasteiger partial charge on any atom is -0.352 e. The van der Waals surface area contributed by atoms with Crippen molar-refractivity contribution in [3.8, 4) is 0 Å². The number of rotatable bonds is 6. The highest BCUT2D eigenvalue weighted by molar-refractivity contribution is 7.10. The maximum absolute atomic E-state index is 11.9. The maximum Gasteiger partial charge on any atom is 0.220 e. The van der Waals surface area contributed by atoms with Gasteiger partial charge in [-0.25, -0.2) is 0 Å². The molecular formula is C16H21N3OS. The normalized spacial score (nSPS) is 13.9. The van der Waals surface area contributed by atoms with Gasteiger partial charge in [-0.3, -0.25) is 9.89 Å². The molecule has 2 aromatic heterocycles. The molecule has 2 aromatic rings. The van der Waals surface area contributed by atoms with Crippen molar-refractivity contribution in [3.05, 3.63) is 39.3 Å². The zero-order chi connectivity index (χ0) is 14.5. The van der Waals surface area contributed by atoms with Crippen molar-refractivity contribution in [2.75, 3.05) is 0 Å². The predicted octanol–water partition coefficient (Wildman–Crippen LogP) is 2.99. The summed E-state index contributed by atoms with van der Waals surface area (Å²) in [5, 5.41) is 12.0. The molecule has 4 nitrogen and oxygen atoms in total. The lowest BCUT2D eigenvalue weighted by molar-refractivity contribution is -0.121. The first kappa shape index (κ1) is 14.3. The fourth-order valence-electron chi connectivity index (χ4n) is 2.86. The van der Waals surface area contributed by atoms with E-state index in [9.17, 15) is 4.79 Å². The van der Waals surface area contributed by atoms with Gasteiger partial charge in [0.1, 0.15) is 0 Å². The van der Waals surface area contributed by atoms with Crippen molar-refractivity contribution in [1.82, 2.24) is 15.5 Å². The van der Waals surface area contributed by atoms with E-state index in [1.165, 1.54) is 41.7 Å². The maximum atomic E-state index is 11.9. The number of H-pyrrole nitrogens is 1. The molecule has 0 unspecified atom stereocenters. The van der Waals surface area contributed by atoms with Crippen molar-refractivity contribution in [2.24, 2.45) is 0 Å². The third-order valence-corrected chi connectivity index (χ3v) is 5.19. The van der Waals surface area contributed by atoms with E-state index < -0.39 is 0 Å². The van der Waals surface area contributed by atoms with Crippen LogP contribution in [0.2, 0.25) is 0 Å². The van der Waals surface area contributed by atoms with Gasteiger partial charge in [0.2, 0.25) is 5.91 Å². The number of nitrogens with zero attached hydrogens (tertiary/aromatic N) is 1. The number of aryl methyl sites for hydroxylation is 2. The van der Waals surface area contributed by atoms with E-state index in [-0.39, 0.29) is 5.91 Å². The Morgan fingerprint density at radius 3 is 3.14 bits per heavy atom. The number of carbonyl (C=O) groups is 1. The van der Waals surface area contributed by atoms with Crippen LogP contribution >= 0.6 is 11.3 Å². The number of aromatic nitrogens is 2. The van der Waals surface area contributed by atoms with Crippen LogP contribution in [0.15, 0.2) is 17.8 Å². The largest absolute Gasteiger partial charge is 0.352 e. The number of fused-ring (bicyclic) bond motifs is 1. The Balaban J connectivity index is 1.42. The van der Waals surface area contributed by atoms with Gasteiger partial charge < -0.3 is 5.32 Å². The average molecular weight is 303 g/mol. The third kappa shape index (κ3) is 3.73. The van der Waals surface area contributed by atoms with Gasteiger partial charge in [-0.05, 0) is 60.6 Å². The lowest BCUT2D eigenvalue weighted by Crippen LogP contribution is -2.23. The van der Waals surface area contributed by atoms with Crippen molar-refractivity contribution in [2.45, 2.75) is 51.5 Å². The monoisotopic (exact) mass is 303 g/mol. The van der Waals surface area contributed by atoms with Gasteiger partial charge in [0.15, 0.2) is 0 Å². The van der Waals surface area contributed by atoms with E-state index in [0.717, 1.165) is 18.4 Å². The quantitative estimate of drug-likeness (QED) is 0.862. The van der Waals surface area contributed by atoms with Gasteiger partial charge >= 0.3 is 0 Å². The molecule has 0 bridgehead atoms. The summed E-state index contributed by atoms with van der Waals surface area (Å²) in [5.41, 5.74) is 4.00. The molecule has 1 aliphatic carbocycles. The third-order valence-electron chi connectivity index (χ3n) is 4.05. The highest BCUT2D eigenvalue weighted by Crippen LogP contribution is 2.30. The number of carbonyl (C=O) groups excluding carboxylic acids is 1. The second-order valence-electron chi connectivity index (χ2n) is 5.61. The number of amides is 1. The first-order chi connectivity index (χ1) is 10.3. The zero-order valence-corrected chi connectivity index (χ0v) is 13.0. The summed E-state index contributed by atoms with van der Waals surface area (Å²) in [6.07, 6.45) is 11.1. The lowest BCUT2D eigenvalue weighted by atomic mass is 9.96. The number of thiophene rings is 1. The molecule has 2 heterocycles. The first-order valence-electron chi connectivity index (χ1n) is 7.65. The van der Waals surface area contributed by atoms with Gasteiger partial charge in [0, 0.05) is 24.0 Å². The van der Waals surface area contributed by atoms with Crippen LogP contribution in [0.4, 0.5) is 0 Å². The number of aromatic amines is 1. The van der Waals surface area contributed by atoms with Crippen molar-refractivity contribution in [3.63, 3.8) is 0 Å². The van der Waals surface area contributed by atoms with Crippen molar-refractivity contribution in [1.29, 1.82) is 0 Å². The fraction of sp³-hybridized carbons (Fsp3) is 0.500. The van der Waals surface area contributed by atoms with E-state index in [2.05, 4.69) is 20.9 Å². The molecule has 5 heteroatoms. The van der Waals surface area contributed by atoms with E-state index >= 15 is 0 Å². The van der Waals surface area contributed by atoms with Crippen molar-refractivity contribution >= 4 is 17.2 Å². The number of hydrogen-bond acceptors (Lipinski definition) is 3. The summed E-state index contributed by atoms with van der Waals surface area (Å²) in [5.74, 6) is 0.147.